The summed E-state index contributed by atoms with van der Waals surface area (Å²) >= 11 is 6.15. The second-order valence-corrected chi connectivity index (χ2v) is 5.04. The number of hydrogen-bond donors (Lipinski definition) is 1. The van der Waals surface area contributed by atoms with Crippen LogP contribution in [-0.4, -0.2) is 4.98 Å². The van der Waals surface area contributed by atoms with Crippen molar-refractivity contribution in [2.45, 2.75) is 26.3 Å². The summed E-state index contributed by atoms with van der Waals surface area (Å²) in [6, 6.07) is 9.67. The van der Waals surface area contributed by atoms with Gasteiger partial charge in [-0.1, -0.05) is 43.6 Å². The smallest absolute Gasteiger partial charge is 0.238 e. The fourth-order valence-corrected chi connectivity index (χ4v) is 2.03. The molecule has 3 nitrogen and oxygen atoms in total. The summed E-state index contributed by atoms with van der Waals surface area (Å²) in [6.07, 6.45) is 1.68. The fraction of sp³-hybridized carbons (Fsp3) is 0.267. The number of nitrogens with two attached hydrogens (primary N) is 1. The molecule has 2 aromatic rings. The van der Waals surface area contributed by atoms with Crippen LogP contribution in [0.1, 0.15) is 30.9 Å². The molecule has 0 aliphatic heterocycles. The molecule has 0 unspecified atom stereocenters. The quantitative estimate of drug-likeness (QED) is 0.914. The zero-order chi connectivity index (χ0) is 13.8. The number of para-hydroxylation sites is 1. The van der Waals surface area contributed by atoms with Crippen molar-refractivity contribution in [2.24, 2.45) is 5.73 Å². The first kappa shape index (κ1) is 13.8. The number of pyridine rings is 1. The number of ether oxygens (including phenoxy) is 1. The highest BCUT2D eigenvalue weighted by atomic mass is 35.5. The molecule has 1 aromatic carbocycles. The SMILES string of the molecule is CC(C)c1ccccc1Oc1ncc(CN)cc1Cl. The Hall–Kier alpha value is -1.58. The van der Waals surface area contributed by atoms with Gasteiger partial charge in [-0.3, -0.25) is 0 Å². The van der Waals surface area contributed by atoms with Crippen molar-refractivity contribution >= 4 is 11.6 Å². The van der Waals surface area contributed by atoms with Crippen molar-refractivity contribution in [1.29, 1.82) is 0 Å². The Morgan fingerprint density at radius 3 is 2.68 bits per heavy atom. The molecule has 0 aliphatic carbocycles. The molecule has 0 radical (unpaired) electrons. The Labute approximate surface area is 118 Å². The van der Waals surface area contributed by atoms with Gasteiger partial charge in [-0.15, -0.1) is 0 Å². The minimum Gasteiger partial charge on any atom is -0.437 e. The van der Waals surface area contributed by atoms with Gasteiger partial charge in [-0.25, -0.2) is 4.98 Å². The minimum atomic E-state index is 0.373. The van der Waals surface area contributed by atoms with Crippen LogP contribution in [0.25, 0.3) is 0 Å². The lowest BCUT2D eigenvalue weighted by Crippen LogP contribution is -1.99. The highest BCUT2D eigenvalue weighted by molar-refractivity contribution is 6.31. The third kappa shape index (κ3) is 3.25. The van der Waals surface area contributed by atoms with Crippen LogP contribution in [0.3, 0.4) is 0 Å². The molecule has 2 rings (SSSR count). The Bertz CT molecular complexity index is 570. The first-order valence-electron chi connectivity index (χ1n) is 6.23. The van der Waals surface area contributed by atoms with E-state index in [0.717, 1.165) is 16.9 Å². The summed E-state index contributed by atoms with van der Waals surface area (Å²) in [7, 11) is 0. The molecular formula is C15H17ClN2O. The zero-order valence-electron chi connectivity index (χ0n) is 11.1. The van der Waals surface area contributed by atoms with E-state index in [9.17, 15) is 0 Å². The summed E-state index contributed by atoms with van der Waals surface area (Å²) < 4.78 is 5.82. The second-order valence-electron chi connectivity index (χ2n) is 4.63. The summed E-state index contributed by atoms with van der Waals surface area (Å²) in [5.41, 5.74) is 7.56. The van der Waals surface area contributed by atoms with Gasteiger partial charge in [0.2, 0.25) is 5.88 Å². The highest BCUT2D eigenvalue weighted by Gasteiger charge is 2.11. The van der Waals surface area contributed by atoms with E-state index in [-0.39, 0.29) is 0 Å². The van der Waals surface area contributed by atoms with Crippen molar-refractivity contribution in [1.82, 2.24) is 4.98 Å². The standard InChI is InChI=1S/C15H17ClN2O/c1-10(2)12-5-3-4-6-14(12)19-15-13(16)7-11(8-17)9-18-15/h3-7,9-10H,8,17H2,1-2H3. The van der Waals surface area contributed by atoms with Crippen LogP contribution in [0.15, 0.2) is 36.5 Å². The fourth-order valence-electron chi connectivity index (χ4n) is 1.81. The van der Waals surface area contributed by atoms with Gasteiger partial charge in [-0.05, 0) is 29.2 Å². The van der Waals surface area contributed by atoms with Crippen molar-refractivity contribution in [2.75, 3.05) is 0 Å². The topological polar surface area (TPSA) is 48.1 Å². The largest absolute Gasteiger partial charge is 0.437 e. The predicted molar refractivity (Wildman–Crippen MR) is 77.7 cm³/mol. The lowest BCUT2D eigenvalue weighted by atomic mass is 10.0. The van der Waals surface area contributed by atoms with Crippen LogP contribution in [0.2, 0.25) is 5.02 Å². The van der Waals surface area contributed by atoms with Gasteiger partial charge >= 0.3 is 0 Å². The van der Waals surface area contributed by atoms with Crippen LogP contribution >= 0.6 is 11.6 Å². The number of nitrogens with zero attached hydrogens (tertiary/aromatic N) is 1. The molecular weight excluding hydrogens is 260 g/mol. The molecule has 0 fully saturated rings. The van der Waals surface area contributed by atoms with E-state index in [1.165, 1.54) is 0 Å². The van der Waals surface area contributed by atoms with Crippen molar-refractivity contribution in [3.63, 3.8) is 0 Å². The Balaban J connectivity index is 2.31. The molecule has 1 aromatic heterocycles. The van der Waals surface area contributed by atoms with Crippen LogP contribution < -0.4 is 10.5 Å². The lowest BCUT2D eigenvalue weighted by molar-refractivity contribution is 0.454. The first-order chi connectivity index (χ1) is 9.11. The third-order valence-electron chi connectivity index (χ3n) is 2.85. The minimum absolute atomic E-state index is 0.373. The average Bonchev–Trinajstić information content (AvgIpc) is 2.41. The van der Waals surface area contributed by atoms with Crippen molar-refractivity contribution < 1.29 is 4.74 Å². The number of rotatable bonds is 4. The van der Waals surface area contributed by atoms with Crippen molar-refractivity contribution in [3.8, 4) is 11.6 Å². The van der Waals surface area contributed by atoms with E-state index >= 15 is 0 Å². The van der Waals surface area contributed by atoms with Gasteiger partial charge in [0.25, 0.3) is 0 Å². The summed E-state index contributed by atoms with van der Waals surface area (Å²) in [4.78, 5) is 4.21. The zero-order valence-corrected chi connectivity index (χ0v) is 11.8. The number of aromatic nitrogens is 1. The van der Waals surface area contributed by atoms with Gasteiger partial charge in [0.1, 0.15) is 10.8 Å². The molecule has 19 heavy (non-hydrogen) atoms. The van der Waals surface area contributed by atoms with Crippen LogP contribution in [-0.2, 0) is 6.54 Å². The van der Waals surface area contributed by atoms with Crippen LogP contribution in [0.4, 0.5) is 0 Å². The summed E-state index contributed by atoms with van der Waals surface area (Å²) in [5, 5.41) is 0.474. The summed E-state index contributed by atoms with van der Waals surface area (Å²) in [6.45, 7) is 4.65. The van der Waals surface area contributed by atoms with E-state index in [1.807, 2.05) is 24.3 Å². The molecule has 0 bridgehead atoms. The van der Waals surface area contributed by atoms with Gasteiger partial charge in [0.15, 0.2) is 0 Å². The van der Waals surface area contributed by atoms with Crippen molar-refractivity contribution in [3.05, 3.63) is 52.7 Å². The Kier molecular flexibility index (Phi) is 4.40. The Morgan fingerprint density at radius 2 is 2.05 bits per heavy atom. The average molecular weight is 277 g/mol. The molecule has 0 saturated heterocycles. The van der Waals surface area contributed by atoms with E-state index in [0.29, 0.717) is 23.4 Å². The molecule has 0 amide bonds. The molecule has 1 heterocycles. The normalized spacial score (nSPS) is 10.8. The van der Waals surface area contributed by atoms with Crippen LogP contribution in [0, 0.1) is 0 Å². The van der Waals surface area contributed by atoms with E-state index in [4.69, 9.17) is 22.1 Å². The van der Waals surface area contributed by atoms with E-state index in [1.54, 1.807) is 12.3 Å². The lowest BCUT2D eigenvalue weighted by Gasteiger charge is -2.13. The molecule has 0 aliphatic rings. The number of benzene rings is 1. The molecule has 100 valence electrons. The van der Waals surface area contributed by atoms with Crippen LogP contribution in [0.5, 0.6) is 11.6 Å². The molecule has 0 spiro atoms. The third-order valence-corrected chi connectivity index (χ3v) is 3.12. The number of hydrogen-bond acceptors (Lipinski definition) is 3. The van der Waals surface area contributed by atoms with E-state index in [2.05, 4.69) is 18.8 Å². The first-order valence-corrected chi connectivity index (χ1v) is 6.61. The summed E-state index contributed by atoms with van der Waals surface area (Å²) in [5.74, 6) is 1.57. The maximum absolute atomic E-state index is 6.15. The maximum atomic E-state index is 6.15. The van der Waals surface area contributed by atoms with E-state index < -0.39 is 0 Å². The number of halogens is 1. The van der Waals surface area contributed by atoms with Gasteiger partial charge < -0.3 is 10.5 Å². The van der Waals surface area contributed by atoms with Gasteiger partial charge in [0, 0.05) is 12.7 Å². The predicted octanol–water partition coefficient (Wildman–Crippen LogP) is 4.11. The molecule has 0 atom stereocenters. The second kappa shape index (κ2) is 6.04. The van der Waals surface area contributed by atoms with Gasteiger partial charge in [0.05, 0.1) is 0 Å². The molecule has 4 heteroatoms. The Morgan fingerprint density at radius 1 is 1.32 bits per heavy atom. The molecule has 2 N–H and O–H groups in total. The molecule has 0 saturated carbocycles. The monoisotopic (exact) mass is 276 g/mol. The highest BCUT2D eigenvalue weighted by Crippen LogP contribution is 2.32. The maximum Gasteiger partial charge on any atom is 0.238 e. The van der Waals surface area contributed by atoms with Gasteiger partial charge in [-0.2, -0.15) is 0 Å².